The Bertz CT molecular complexity index is 647. The third-order valence-electron chi connectivity index (χ3n) is 3.15. The van der Waals surface area contributed by atoms with E-state index in [9.17, 15) is 19.2 Å². The molecule has 1 atom stereocenters. The number of ether oxygens (including phenoxy) is 1. The number of nitrogens with one attached hydrogen (secondary N) is 3. The normalized spacial score (nSPS) is 10.9. The highest BCUT2D eigenvalue weighted by Gasteiger charge is 2.22. The van der Waals surface area contributed by atoms with Crippen LogP contribution in [-0.2, 0) is 25.7 Å². The van der Waals surface area contributed by atoms with Crippen molar-refractivity contribution in [3.63, 3.8) is 0 Å². The molecule has 0 radical (unpaired) electrons. The first-order valence-electron chi connectivity index (χ1n) is 7.79. The van der Waals surface area contributed by atoms with Gasteiger partial charge in [0, 0.05) is 6.54 Å². The van der Waals surface area contributed by atoms with Crippen LogP contribution in [0.2, 0.25) is 0 Å². The zero-order chi connectivity index (χ0) is 19.4. The average molecular weight is 363 g/mol. The van der Waals surface area contributed by atoms with Gasteiger partial charge < -0.3 is 25.8 Å². The molecule has 0 aliphatic carbocycles. The van der Waals surface area contributed by atoms with Crippen LogP contribution < -0.4 is 16.0 Å². The van der Waals surface area contributed by atoms with E-state index in [-0.39, 0.29) is 19.6 Å². The van der Waals surface area contributed by atoms with Crippen molar-refractivity contribution in [2.24, 2.45) is 0 Å². The number of carbonyl (C=O) groups is 4. The van der Waals surface area contributed by atoms with Gasteiger partial charge in [-0.15, -0.1) is 0 Å². The van der Waals surface area contributed by atoms with Crippen LogP contribution in [-0.4, -0.2) is 48.1 Å². The second-order valence-corrected chi connectivity index (χ2v) is 5.15. The number of carboxylic acid groups (broad SMARTS) is 1. The first-order valence-corrected chi connectivity index (χ1v) is 7.79. The number of hydrogen-bond donors (Lipinski definition) is 4. The maximum Gasteiger partial charge on any atom is 0.408 e. The molecule has 0 saturated heterocycles. The summed E-state index contributed by atoms with van der Waals surface area (Å²) in [6.45, 7) is 2.80. The molecule has 0 bridgehead atoms. The summed E-state index contributed by atoms with van der Waals surface area (Å²) >= 11 is 0. The third-order valence-corrected chi connectivity index (χ3v) is 3.15. The minimum Gasteiger partial charge on any atom is -0.480 e. The van der Waals surface area contributed by atoms with Crippen LogP contribution >= 0.6 is 0 Å². The zero-order valence-corrected chi connectivity index (χ0v) is 14.1. The number of benzene rings is 1. The van der Waals surface area contributed by atoms with Gasteiger partial charge in [0.1, 0.15) is 19.2 Å². The smallest absolute Gasteiger partial charge is 0.408 e. The summed E-state index contributed by atoms with van der Waals surface area (Å²) < 4.78 is 5.03. The third kappa shape index (κ3) is 8.48. The highest BCUT2D eigenvalue weighted by Crippen LogP contribution is 2.01. The van der Waals surface area contributed by atoms with Crippen molar-refractivity contribution >= 4 is 23.9 Å². The summed E-state index contributed by atoms with van der Waals surface area (Å²) in [5, 5.41) is 15.6. The van der Waals surface area contributed by atoms with Crippen LogP contribution in [0.15, 0.2) is 43.0 Å². The largest absolute Gasteiger partial charge is 0.480 e. The lowest BCUT2D eigenvalue weighted by molar-refractivity contribution is -0.138. The molecule has 0 fully saturated rings. The Morgan fingerprint density at radius 2 is 1.85 bits per heavy atom. The summed E-state index contributed by atoms with van der Waals surface area (Å²) in [6, 6.07) is 7.89. The van der Waals surface area contributed by atoms with E-state index in [2.05, 4.69) is 22.5 Å². The van der Waals surface area contributed by atoms with Crippen molar-refractivity contribution in [1.29, 1.82) is 0 Å². The first-order chi connectivity index (χ1) is 12.4. The fourth-order valence-corrected chi connectivity index (χ4v) is 1.87. The average Bonchev–Trinajstić information content (AvgIpc) is 2.64. The molecule has 0 aromatic heterocycles. The summed E-state index contributed by atoms with van der Waals surface area (Å²) in [7, 11) is 0. The molecule has 0 aliphatic rings. The lowest BCUT2D eigenvalue weighted by Gasteiger charge is -2.18. The molecule has 0 heterocycles. The van der Waals surface area contributed by atoms with Crippen LogP contribution in [0.1, 0.15) is 12.0 Å². The first kappa shape index (κ1) is 20.7. The maximum absolute atomic E-state index is 12.0. The predicted molar refractivity (Wildman–Crippen MR) is 92.0 cm³/mol. The number of carbonyl (C=O) groups excluding carboxylic acids is 3. The van der Waals surface area contributed by atoms with E-state index < -0.39 is 36.5 Å². The molecular weight excluding hydrogens is 342 g/mol. The Balaban J connectivity index is 2.56. The minimum atomic E-state index is -1.22. The number of rotatable bonds is 10. The van der Waals surface area contributed by atoms with E-state index in [0.717, 1.165) is 11.6 Å². The molecule has 9 heteroatoms. The molecule has 0 spiro atoms. The molecule has 140 valence electrons. The lowest BCUT2D eigenvalue weighted by atomic mass is 10.2. The number of hydrogen-bond acceptors (Lipinski definition) is 5. The molecule has 0 saturated carbocycles. The van der Waals surface area contributed by atoms with Crippen LogP contribution in [0.25, 0.3) is 0 Å². The van der Waals surface area contributed by atoms with Gasteiger partial charge in [0.25, 0.3) is 0 Å². The van der Waals surface area contributed by atoms with E-state index in [1.807, 2.05) is 6.07 Å². The second kappa shape index (κ2) is 11.2. The molecule has 0 aliphatic heterocycles. The van der Waals surface area contributed by atoms with Crippen molar-refractivity contribution in [3.8, 4) is 0 Å². The number of aliphatic carboxylic acids is 1. The van der Waals surface area contributed by atoms with E-state index in [1.54, 1.807) is 24.3 Å². The monoisotopic (exact) mass is 363 g/mol. The lowest BCUT2D eigenvalue weighted by Crippen LogP contribution is -2.49. The van der Waals surface area contributed by atoms with Gasteiger partial charge >= 0.3 is 12.1 Å². The fourth-order valence-electron chi connectivity index (χ4n) is 1.87. The van der Waals surface area contributed by atoms with Crippen molar-refractivity contribution in [1.82, 2.24) is 16.0 Å². The molecule has 1 aromatic rings. The zero-order valence-electron chi connectivity index (χ0n) is 14.1. The predicted octanol–water partition coefficient (Wildman–Crippen LogP) is 0.175. The van der Waals surface area contributed by atoms with Gasteiger partial charge in [-0.05, 0) is 18.1 Å². The Labute approximate surface area is 150 Å². The minimum absolute atomic E-state index is 0.0172. The topological polar surface area (TPSA) is 134 Å². The maximum atomic E-state index is 12.0. The Morgan fingerprint density at radius 1 is 1.15 bits per heavy atom. The molecule has 3 amide bonds. The fraction of sp³-hybridized carbons (Fsp3) is 0.294. The van der Waals surface area contributed by atoms with Gasteiger partial charge in [-0.2, -0.15) is 0 Å². The van der Waals surface area contributed by atoms with E-state index in [4.69, 9.17) is 9.84 Å². The van der Waals surface area contributed by atoms with Crippen LogP contribution in [0.4, 0.5) is 4.79 Å². The Hall–Kier alpha value is -3.36. The molecule has 1 unspecified atom stereocenters. The van der Waals surface area contributed by atoms with E-state index >= 15 is 0 Å². The molecule has 1 rings (SSSR count). The van der Waals surface area contributed by atoms with Crippen LogP contribution in [0.5, 0.6) is 0 Å². The standard InChI is InChI=1S/C17H21N3O6/c1-2-14(21)18-9-8-13(16(24)19-10-15(22)23)20-17(25)26-11-12-6-4-3-5-7-12/h2-7,13H,1,8-11H2,(H,18,21)(H,19,24)(H,20,25)(H,22,23). The van der Waals surface area contributed by atoms with Gasteiger partial charge in [0.15, 0.2) is 0 Å². The van der Waals surface area contributed by atoms with Crippen molar-refractivity contribution in [3.05, 3.63) is 48.6 Å². The second-order valence-electron chi connectivity index (χ2n) is 5.15. The van der Waals surface area contributed by atoms with Crippen molar-refractivity contribution < 1.29 is 29.0 Å². The summed E-state index contributed by atoms with van der Waals surface area (Å²) in [4.78, 5) is 45.6. The Kier molecular flexibility index (Phi) is 8.94. The molecule has 9 nitrogen and oxygen atoms in total. The Morgan fingerprint density at radius 3 is 2.46 bits per heavy atom. The highest BCUT2D eigenvalue weighted by molar-refractivity contribution is 5.88. The highest BCUT2D eigenvalue weighted by atomic mass is 16.5. The van der Waals surface area contributed by atoms with E-state index in [0.29, 0.717) is 0 Å². The van der Waals surface area contributed by atoms with Crippen molar-refractivity contribution in [2.45, 2.75) is 19.1 Å². The van der Waals surface area contributed by atoms with Gasteiger partial charge in [0.05, 0.1) is 0 Å². The summed E-state index contributed by atoms with van der Waals surface area (Å²) in [5.41, 5.74) is 0.771. The van der Waals surface area contributed by atoms with Crippen molar-refractivity contribution in [2.75, 3.05) is 13.1 Å². The molecular formula is C17H21N3O6. The van der Waals surface area contributed by atoms with E-state index in [1.165, 1.54) is 0 Å². The quantitative estimate of drug-likeness (QED) is 0.438. The van der Waals surface area contributed by atoms with Gasteiger partial charge in [0.2, 0.25) is 11.8 Å². The number of amides is 3. The number of alkyl carbamates (subject to hydrolysis) is 1. The summed E-state index contributed by atoms with van der Waals surface area (Å²) in [5.74, 6) is -2.35. The molecule has 26 heavy (non-hydrogen) atoms. The van der Waals surface area contributed by atoms with Gasteiger partial charge in [-0.3, -0.25) is 14.4 Å². The molecule has 4 N–H and O–H groups in total. The molecule has 1 aromatic carbocycles. The van der Waals surface area contributed by atoms with Gasteiger partial charge in [-0.1, -0.05) is 36.9 Å². The van der Waals surface area contributed by atoms with Crippen LogP contribution in [0.3, 0.4) is 0 Å². The van der Waals surface area contributed by atoms with Gasteiger partial charge in [-0.25, -0.2) is 4.79 Å². The summed E-state index contributed by atoms with van der Waals surface area (Å²) in [6.07, 6.45) is 0.284. The SMILES string of the molecule is C=CC(=O)NCCC(NC(=O)OCc1ccccc1)C(=O)NCC(=O)O. The van der Waals surface area contributed by atoms with Crippen LogP contribution in [0, 0.1) is 0 Å². The number of carboxylic acids is 1.